The summed E-state index contributed by atoms with van der Waals surface area (Å²) >= 11 is 0. The van der Waals surface area contributed by atoms with Crippen LogP contribution in [0.3, 0.4) is 0 Å². The van der Waals surface area contributed by atoms with Crippen LogP contribution in [0.15, 0.2) is 0 Å². The smallest absolute Gasteiger partial charge is 0.163 e. The van der Waals surface area contributed by atoms with E-state index in [9.17, 15) is 0 Å². The maximum atomic E-state index is 5.78. The van der Waals surface area contributed by atoms with Crippen molar-refractivity contribution >= 4 is 0 Å². The predicted octanol–water partition coefficient (Wildman–Crippen LogP) is 1.09. The van der Waals surface area contributed by atoms with E-state index < -0.39 is 5.79 Å². The van der Waals surface area contributed by atoms with E-state index in [2.05, 4.69) is 11.8 Å². The molecule has 0 aromatic rings. The number of nitrogens with zero attached hydrogens (tertiary/aromatic N) is 1. The molecule has 1 atom stereocenters. The molecule has 1 aliphatic heterocycles. The van der Waals surface area contributed by atoms with E-state index in [0.717, 1.165) is 6.54 Å². The van der Waals surface area contributed by atoms with Gasteiger partial charge in [-0.05, 0) is 34.9 Å². The van der Waals surface area contributed by atoms with Crippen LogP contribution in [0.4, 0.5) is 0 Å². The first-order valence-electron chi connectivity index (χ1n) is 4.32. The SMILES string of the molecule is CN(C)CC1(C)COC(C)(C)O1. The summed E-state index contributed by atoms with van der Waals surface area (Å²) in [5.74, 6) is -0.412. The molecule has 1 rings (SSSR count). The van der Waals surface area contributed by atoms with Gasteiger partial charge in [0.1, 0.15) is 5.60 Å². The van der Waals surface area contributed by atoms with Gasteiger partial charge in [0.15, 0.2) is 5.79 Å². The van der Waals surface area contributed by atoms with Crippen molar-refractivity contribution in [2.24, 2.45) is 0 Å². The molecule has 3 heteroatoms. The maximum absolute atomic E-state index is 5.78. The van der Waals surface area contributed by atoms with Crippen LogP contribution in [0.5, 0.6) is 0 Å². The van der Waals surface area contributed by atoms with E-state index in [1.165, 1.54) is 0 Å². The number of hydrogen-bond acceptors (Lipinski definition) is 3. The second-order valence-electron chi connectivity index (χ2n) is 4.48. The molecule has 0 N–H and O–H groups in total. The molecular weight excluding hydrogens is 154 g/mol. The third-order valence-corrected chi connectivity index (χ3v) is 1.87. The highest BCUT2D eigenvalue weighted by Gasteiger charge is 2.41. The predicted molar refractivity (Wildman–Crippen MR) is 48.1 cm³/mol. The minimum atomic E-state index is -0.412. The van der Waals surface area contributed by atoms with Gasteiger partial charge in [0.25, 0.3) is 0 Å². The van der Waals surface area contributed by atoms with Crippen LogP contribution < -0.4 is 0 Å². The second kappa shape index (κ2) is 2.98. The van der Waals surface area contributed by atoms with Gasteiger partial charge in [0, 0.05) is 6.54 Å². The van der Waals surface area contributed by atoms with E-state index >= 15 is 0 Å². The maximum Gasteiger partial charge on any atom is 0.163 e. The van der Waals surface area contributed by atoms with E-state index in [1.54, 1.807) is 0 Å². The van der Waals surface area contributed by atoms with Crippen molar-refractivity contribution in [1.82, 2.24) is 4.90 Å². The van der Waals surface area contributed by atoms with Gasteiger partial charge in [0.2, 0.25) is 0 Å². The zero-order chi connectivity index (χ0) is 9.41. The first-order chi connectivity index (χ1) is 5.33. The Labute approximate surface area is 74.6 Å². The molecule has 1 unspecified atom stereocenters. The third kappa shape index (κ3) is 2.44. The van der Waals surface area contributed by atoms with Crippen LogP contribution in [-0.4, -0.2) is 43.5 Å². The first-order valence-corrected chi connectivity index (χ1v) is 4.32. The lowest BCUT2D eigenvalue weighted by molar-refractivity contribution is -0.159. The Morgan fingerprint density at radius 2 is 1.83 bits per heavy atom. The van der Waals surface area contributed by atoms with Crippen molar-refractivity contribution in [3.05, 3.63) is 0 Å². The summed E-state index contributed by atoms with van der Waals surface area (Å²) < 4.78 is 11.3. The summed E-state index contributed by atoms with van der Waals surface area (Å²) in [4.78, 5) is 2.12. The van der Waals surface area contributed by atoms with Crippen LogP contribution in [0.25, 0.3) is 0 Å². The highest BCUT2D eigenvalue weighted by Crippen LogP contribution is 2.30. The van der Waals surface area contributed by atoms with Gasteiger partial charge in [-0.15, -0.1) is 0 Å². The van der Waals surface area contributed by atoms with Gasteiger partial charge >= 0.3 is 0 Å². The van der Waals surface area contributed by atoms with Crippen molar-refractivity contribution in [3.63, 3.8) is 0 Å². The molecule has 0 bridgehead atoms. The fourth-order valence-electron chi connectivity index (χ4n) is 1.73. The van der Waals surface area contributed by atoms with Crippen LogP contribution in [0.2, 0.25) is 0 Å². The fourth-order valence-corrected chi connectivity index (χ4v) is 1.73. The molecule has 1 aliphatic rings. The molecular formula is C9H19NO2. The van der Waals surface area contributed by atoms with Crippen molar-refractivity contribution in [1.29, 1.82) is 0 Å². The Morgan fingerprint density at radius 1 is 1.25 bits per heavy atom. The Kier molecular flexibility index (Phi) is 2.47. The summed E-state index contributed by atoms with van der Waals surface area (Å²) in [6, 6.07) is 0. The van der Waals surface area contributed by atoms with E-state index in [4.69, 9.17) is 9.47 Å². The summed E-state index contributed by atoms with van der Waals surface area (Å²) in [7, 11) is 4.08. The molecule has 0 amide bonds. The van der Waals surface area contributed by atoms with E-state index in [0.29, 0.717) is 6.61 Å². The lowest BCUT2D eigenvalue weighted by Crippen LogP contribution is -2.40. The first kappa shape index (κ1) is 9.96. The quantitative estimate of drug-likeness (QED) is 0.624. The molecule has 12 heavy (non-hydrogen) atoms. The molecule has 72 valence electrons. The highest BCUT2D eigenvalue weighted by atomic mass is 16.8. The van der Waals surface area contributed by atoms with Crippen molar-refractivity contribution in [2.45, 2.75) is 32.2 Å². The molecule has 1 heterocycles. The van der Waals surface area contributed by atoms with Crippen LogP contribution >= 0.6 is 0 Å². The Balaban J connectivity index is 2.53. The molecule has 1 saturated heterocycles. The number of likely N-dealkylation sites (N-methyl/N-ethyl adjacent to an activating group) is 1. The second-order valence-corrected chi connectivity index (χ2v) is 4.48. The molecule has 1 fully saturated rings. The van der Waals surface area contributed by atoms with Crippen LogP contribution in [0, 0.1) is 0 Å². The Bertz CT molecular complexity index is 168. The number of ether oxygens (including phenoxy) is 2. The summed E-state index contributed by atoms with van der Waals surface area (Å²) in [5.41, 5.74) is -0.146. The summed E-state index contributed by atoms with van der Waals surface area (Å²) in [6.07, 6.45) is 0. The van der Waals surface area contributed by atoms with Gasteiger partial charge in [-0.25, -0.2) is 0 Å². The minimum absolute atomic E-state index is 0.146. The van der Waals surface area contributed by atoms with Crippen molar-refractivity contribution < 1.29 is 9.47 Å². The minimum Gasteiger partial charge on any atom is -0.347 e. The monoisotopic (exact) mass is 173 g/mol. The van der Waals surface area contributed by atoms with Gasteiger partial charge in [-0.3, -0.25) is 0 Å². The lowest BCUT2D eigenvalue weighted by atomic mass is 10.1. The number of hydrogen-bond donors (Lipinski definition) is 0. The fraction of sp³-hybridized carbons (Fsp3) is 1.00. The molecule has 0 radical (unpaired) electrons. The van der Waals surface area contributed by atoms with Gasteiger partial charge < -0.3 is 14.4 Å². The molecule has 0 saturated carbocycles. The van der Waals surface area contributed by atoms with E-state index in [-0.39, 0.29) is 5.60 Å². The van der Waals surface area contributed by atoms with Crippen LogP contribution in [0.1, 0.15) is 20.8 Å². The van der Waals surface area contributed by atoms with Gasteiger partial charge in [0.05, 0.1) is 6.61 Å². The normalized spacial score (nSPS) is 34.5. The number of rotatable bonds is 2. The topological polar surface area (TPSA) is 21.7 Å². The van der Waals surface area contributed by atoms with Crippen molar-refractivity contribution in [2.75, 3.05) is 27.2 Å². The standard InChI is InChI=1S/C9H19NO2/c1-8(2)11-7-9(3,12-8)6-10(4)5/h6-7H2,1-5H3. The Hall–Kier alpha value is -0.120. The molecule has 0 aromatic heterocycles. The van der Waals surface area contributed by atoms with Gasteiger partial charge in [-0.1, -0.05) is 0 Å². The largest absolute Gasteiger partial charge is 0.347 e. The van der Waals surface area contributed by atoms with Crippen LogP contribution in [-0.2, 0) is 9.47 Å². The van der Waals surface area contributed by atoms with Crippen molar-refractivity contribution in [3.8, 4) is 0 Å². The zero-order valence-corrected chi connectivity index (χ0v) is 8.68. The molecule has 0 aromatic carbocycles. The molecule has 0 aliphatic carbocycles. The third-order valence-electron chi connectivity index (χ3n) is 1.87. The zero-order valence-electron chi connectivity index (χ0n) is 8.68. The summed E-state index contributed by atoms with van der Waals surface area (Å²) in [5, 5.41) is 0. The average Bonchev–Trinajstić information content (AvgIpc) is 2.03. The molecule has 3 nitrogen and oxygen atoms in total. The van der Waals surface area contributed by atoms with Gasteiger partial charge in [-0.2, -0.15) is 0 Å². The van der Waals surface area contributed by atoms with E-state index in [1.807, 2.05) is 27.9 Å². The Morgan fingerprint density at radius 3 is 2.17 bits per heavy atom. The summed E-state index contributed by atoms with van der Waals surface area (Å²) in [6.45, 7) is 7.57. The highest BCUT2D eigenvalue weighted by molar-refractivity contribution is 4.85. The average molecular weight is 173 g/mol. The molecule has 0 spiro atoms. The lowest BCUT2D eigenvalue weighted by Gasteiger charge is -2.27.